The van der Waals surface area contributed by atoms with Crippen LogP contribution in [0.5, 0.6) is 0 Å². The van der Waals surface area contributed by atoms with E-state index >= 15 is 0 Å². The highest BCUT2D eigenvalue weighted by Crippen LogP contribution is 2.18. The Balaban J connectivity index is 1.63. The fourth-order valence-electron chi connectivity index (χ4n) is 2.65. The van der Waals surface area contributed by atoms with E-state index in [4.69, 9.17) is 4.52 Å². The predicted octanol–water partition coefficient (Wildman–Crippen LogP) is 0.855. The van der Waals surface area contributed by atoms with Gasteiger partial charge in [-0.05, 0) is 44.5 Å². The van der Waals surface area contributed by atoms with Gasteiger partial charge in [0.1, 0.15) is 10.6 Å². The number of nitrogens with one attached hydrogen (secondary N) is 2. The maximum Gasteiger partial charge on any atom is 0.246 e. The van der Waals surface area contributed by atoms with Gasteiger partial charge in [-0.25, -0.2) is 18.1 Å². The number of sulfonamides is 1. The fraction of sp³-hybridized carbons (Fsp3) is 0.294. The molecule has 148 valence electrons. The van der Waals surface area contributed by atoms with E-state index in [1.165, 1.54) is 20.8 Å². The monoisotopic (exact) mass is 404 g/mol. The van der Waals surface area contributed by atoms with Crippen LogP contribution in [-0.4, -0.2) is 40.3 Å². The van der Waals surface area contributed by atoms with Gasteiger partial charge in [0.25, 0.3) is 0 Å². The number of rotatable bonds is 7. The molecule has 0 aliphatic carbocycles. The van der Waals surface area contributed by atoms with E-state index in [0.29, 0.717) is 5.82 Å². The zero-order valence-electron chi connectivity index (χ0n) is 15.6. The second-order valence-corrected chi connectivity index (χ2v) is 7.84. The van der Waals surface area contributed by atoms with Gasteiger partial charge in [-0.1, -0.05) is 5.16 Å². The van der Waals surface area contributed by atoms with Gasteiger partial charge in [0.2, 0.25) is 15.9 Å². The van der Waals surface area contributed by atoms with E-state index in [1.54, 1.807) is 41.5 Å². The molecule has 0 aromatic carbocycles. The van der Waals surface area contributed by atoms with Crippen molar-refractivity contribution in [3.05, 3.63) is 53.8 Å². The van der Waals surface area contributed by atoms with Crippen molar-refractivity contribution >= 4 is 15.9 Å². The van der Waals surface area contributed by atoms with Crippen LogP contribution in [0, 0.1) is 13.8 Å². The Morgan fingerprint density at radius 1 is 1.32 bits per heavy atom. The maximum atomic E-state index is 12.5. The van der Waals surface area contributed by atoms with Crippen LogP contribution in [0.2, 0.25) is 0 Å². The van der Waals surface area contributed by atoms with Gasteiger partial charge >= 0.3 is 0 Å². The first-order chi connectivity index (χ1) is 13.3. The van der Waals surface area contributed by atoms with Crippen molar-refractivity contribution in [3.8, 4) is 5.82 Å². The highest BCUT2D eigenvalue weighted by atomic mass is 32.2. The van der Waals surface area contributed by atoms with E-state index in [1.807, 2.05) is 0 Å². The first kappa shape index (κ1) is 19.7. The molecule has 0 unspecified atom stereocenters. The Bertz CT molecular complexity index is 1060. The standard InChI is InChI=1S/C17H20N6O4S/c1-11-16(13(3)27-21-11)28(25,26)22-12(2)17(24)19-10-14-5-7-18-15(9-14)23-8-4-6-20-23/h4-9,12,22H,10H2,1-3H3,(H,19,24)/t12-/m0/s1. The van der Waals surface area contributed by atoms with E-state index < -0.39 is 22.0 Å². The Labute approximate surface area is 162 Å². The molecule has 3 aromatic heterocycles. The van der Waals surface area contributed by atoms with E-state index in [9.17, 15) is 13.2 Å². The minimum absolute atomic E-state index is 0.0508. The second kappa shape index (κ2) is 7.90. The number of hydrogen-bond donors (Lipinski definition) is 2. The fourth-order valence-corrected chi connectivity index (χ4v) is 4.18. The quantitative estimate of drug-likeness (QED) is 0.597. The Morgan fingerprint density at radius 3 is 2.75 bits per heavy atom. The summed E-state index contributed by atoms with van der Waals surface area (Å²) >= 11 is 0. The minimum Gasteiger partial charge on any atom is -0.360 e. The van der Waals surface area contributed by atoms with Gasteiger partial charge in [0.05, 0.1) is 6.04 Å². The summed E-state index contributed by atoms with van der Waals surface area (Å²) in [7, 11) is -3.93. The lowest BCUT2D eigenvalue weighted by Gasteiger charge is -2.14. The largest absolute Gasteiger partial charge is 0.360 e. The predicted molar refractivity (Wildman–Crippen MR) is 99.0 cm³/mol. The van der Waals surface area contributed by atoms with Crippen LogP contribution in [-0.2, 0) is 21.4 Å². The molecule has 0 spiro atoms. The van der Waals surface area contributed by atoms with Crippen LogP contribution in [0.3, 0.4) is 0 Å². The molecule has 11 heteroatoms. The van der Waals surface area contributed by atoms with Gasteiger partial charge in [0, 0.05) is 25.1 Å². The number of nitrogens with zero attached hydrogens (tertiary/aromatic N) is 4. The zero-order valence-corrected chi connectivity index (χ0v) is 16.4. The third-order valence-corrected chi connectivity index (χ3v) is 5.76. The summed E-state index contributed by atoms with van der Waals surface area (Å²) in [6, 6.07) is 4.34. The number of amides is 1. The molecule has 3 aromatic rings. The average molecular weight is 404 g/mol. The number of aryl methyl sites for hydroxylation is 2. The van der Waals surface area contributed by atoms with Gasteiger partial charge < -0.3 is 9.84 Å². The van der Waals surface area contributed by atoms with E-state index in [0.717, 1.165) is 5.56 Å². The summed E-state index contributed by atoms with van der Waals surface area (Å²) in [4.78, 5) is 16.5. The van der Waals surface area contributed by atoms with Gasteiger partial charge in [0.15, 0.2) is 11.6 Å². The van der Waals surface area contributed by atoms with Crippen molar-refractivity contribution in [1.82, 2.24) is 30.0 Å². The molecule has 0 radical (unpaired) electrons. The second-order valence-electron chi connectivity index (χ2n) is 6.19. The van der Waals surface area contributed by atoms with Crippen molar-refractivity contribution in [2.45, 2.75) is 38.3 Å². The molecule has 0 saturated heterocycles. The molecule has 0 aliphatic rings. The molecule has 0 bridgehead atoms. The van der Waals surface area contributed by atoms with Crippen LogP contribution in [0.15, 0.2) is 46.2 Å². The molecule has 10 nitrogen and oxygen atoms in total. The van der Waals surface area contributed by atoms with Crippen LogP contribution in [0.1, 0.15) is 23.9 Å². The normalized spacial score (nSPS) is 12.7. The molecule has 3 rings (SSSR count). The molecule has 0 saturated carbocycles. The van der Waals surface area contributed by atoms with Crippen LogP contribution in [0.25, 0.3) is 5.82 Å². The smallest absolute Gasteiger partial charge is 0.246 e. The van der Waals surface area contributed by atoms with Crippen molar-refractivity contribution in [1.29, 1.82) is 0 Å². The summed E-state index contributed by atoms with van der Waals surface area (Å²) in [5, 5.41) is 10.4. The third kappa shape index (κ3) is 4.26. The number of pyridine rings is 1. The van der Waals surface area contributed by atoms with Crippen molar-refractivity contribution in [2.24, 2.45) is 0 Å². The molecule has 1 atom stereocenters. The summed E-state index contributed by atoms with van der Waals surface area (Å²) in [5.74, 6) is 0.317. The van der Waals surface area contributed by atoms with Gasteiger partial charge in [-0.2, -0.15) is 9.82 Å². The highest BCUT2D eigenvalue weighted by Gasteiger charge is 2.28. The lowest BCUT2D eigenvalue weighted by Crippen LogP contribution is -2.44. The first-order valence-corrected chi connectivity index (χ1v) is 9.94. The Kier molecular flexibility index (Phi) is 5.56. The molecular formula is C17H20N6O4S. The van der Waals surface area contributed by atoms with Crippen LogP contribution >= 0.6 is 0 Å². The molecule has 2 N–H and O–H groups in total. The molecular weight excluding hydrogens is 384 g/mol. The van der Waals surface area contributed by atoms with E-state index in [-0.39, 0.29) is 22.9 Å². The molecule has 3 heterocycles. The molecule has 0 aliphatic heterocycles. The summed E-state index contributed by atoms with van der Waals surface area (Å²) in [6.07, 6.45) is 5.02. The average Bonchev–Trinajstić information content (AvgIpc) is 3.29. The lowest BCUT2D eigenvalue weighted by molar-refractivity contribution is -0.122. The minimum atomic E-state index is -3.93. The SMILES string of the molecule is Cc1noc(C)c1S(=O)(=O)N[C@@H](C)C(=O)NCc1ccnc(-n2cccn2)c1. The molecule has 28 heavy (non-hydrogen) atoms. The zero-order chi connectivity index (χ0) is 20.3. The molecule has 0 fully saturated rings. The van der Waals surface area contributed by atoms with Gasteiger partial charge in [-0.15, -0.1) is 0 Å². The maximum absolute atomic E-state index is 12.5. The topological polar surface area (TPSA) is 132 Å². The van der Waals surface area contributed by atoms with E-state index in [2.05, 4.69) is 25.3 Å². The van der Waals surface area contributed by atoms with Crippen LogP contribution < -0.4 is 10.0 Å². The number of aromatic nitrogens is 4. The summed E-state index contributed by atoms with van der Waals surface area (Å²) < 4.78 is 33.8. The highest BCUT2D eigenvalue weighted by molar-refractivity contribution is 7.89. The summed E-state index contributed by atoms with van der Waals surface area (Å²) in [6.45, 7) is 4.70. The summed E-state index contributed by atoms with van der Waals surface area (Å²) in [5.41, 5.74) is 1.04. The first-order valence-electron chi connectivity index (χ1n) is 8.46. The lowest BCUT2D eigenvalue weighted by atomic mass is 10.2. The third-order valence-electron chi connectivity index (χ3n) is 3.98. The Morgan fingerprint density at radius 2 is 2.11 bits per heavy atom. The van der Waals surface area contributed by atoms with Crippen molar-refractivity contribution < 1.29 is 17.7 Å². The van der Waals surface area contributed by atoms with Crippen molar-refractivity contribution in [3.63, 3.8) is 0 Å². The molecule has 1 amide bonds. The number of carbonyl (C=O) groups is 1. The van der Waals surface area contributed by atoms with Crippen molar-refractivity contribution in [2.75, 3.05) is 0 Å². The van der Waals surface area contributed by atoms with Gasteiger partial charge in [-0.3, -0.25) is 4.79 Å². The Hall–Kier alpha value is -3.05. The van der Waals surface area contributed by atoms with Crippen LogP contribution in [0.4, 0.5) is 0 Å². The number of hydrogen-bond acceptors (Lipinski definition) is 7. The number of carbonyl (C=O) groups excluding carboxylic acids is 1.